The van der Waals surface area contributed by atoms with E-state index < -0.39 is 0 Å². The van der Waals surface area contributed by atoms with Crippen molar-refractivity contribution in [1.29, 1.82) is 0 Å². The van der Waals surface area contributed by atoms with Crippen LogP contribution < -0.4 is 5.32 Å². The fourth-order valence-corrected chi connectivity index (χ4v) is 4.67. The number of rotatable bonds is 8. The molecule has 3 rings (SSSR count). The second-order valence-corrected chi connectivity index (χ2v) is 9.02. The summed E-state index contributed by atoms with van der Waals surface area (Å²) in [5.41, 5.74) is 3.91. The van der Waals surface area contributed by atoms with Crippen LogP contribution in [0.2, 0.25) is 5.02 Å². The lowest BCUT2D eigenvalue weighted by Gasteiger charge is -2.32. The molecule has 1 atom stereocenters. The highest BCUT2D eigenvalue weighted by molar-refractivity contribution is 7.98. The molecule has 0 spiro atoms. The summed E-state index contributed by atoms with van der Waals surface area (Å²) in [5.74, 6) is 2.15. The van der Waals surface area contributed by atoms with Crippen LogP contribution in [0, 0.1) is 12.8 Å². The number of thioether (sulfide) groups is 1. The van der Waals surface area contributed by atoms with Crippen LogP contribution in [0.4, 0.5) is 0 Å². The van der Waals surface area contributed by atoms with Crippen LogP contribution in [-0.4, -0.2) is 36.2 Å². The first-order chi connectivity index (χ1) is 13.6. The summed E-state index contributed by atoms with van der Waals surface area (Å²) >= 11 is 7.84. The molecule has 1 aliphatic rings. The fourth-order valence-electron chi connectivity index (χ4n) is 3.65. The van der Waals surface area contributed by atoms with Gasteiger partial charge in [-0.3, -0.25) is 9.69 Å². The highest BCUT2D eigenvalue weighted by Crippen LogP contribution is 2.20. The number of aryl methyl sites for hydroxylation is 1. The molecule has 5 heteroatoms. The molecule has 0 aliphatic carbocycles. The number of carbonyl (C=O) groups excluding carboxylic acids is 1. The number of hydrogen-bond acceptors (Lipinski definition) is 3. The van der Waals surface area contributed by atoms with Gasteiger partial charge in [-0.1, -0.05) is 48.0 Å². The average Bonchev–Trinajstić information content (AvgIpc) is 2.70. The molecule has 0 aromatic heterocycles. The molecule has 1 unspecified atom stereocenters. The molecule has 1 heterocycles. The van der Waals surface area contributed by atoms with Crippen LogP contribution in [0.1, 0.15) is 29.5 Å². The number of amides is 1. The van der Waals surface area contributed by atoms with Gasteiger partial charge in [-0.2, -0.15) is 11.8 Å². The zero-order chi connectivity index (χ0) is 19.8. The summed E-state index contributed by atoms with van der Waals surface area (Å²) in [5, 5.41) is 3.91. The third-order valence-corrected chi connectivity index (χ3v) is 6.50. The molecular weight excluding hydrogens is 388 g/mol. The Morgan fingerprint density at radius 2 is 2.11 bits per heavy atom. The Balaban J connectivity index is 1.37. The summed E-state index contributed by atoms with van der Waals surface area (Å²) in [4.78, 5) is 15.0. The molecule has 0 saturated carbocycles. The van der Waals surface area contributed by atoms with E-state index in [-0.39, 0.29) is 11.8 Å². The molecule has 2 aromatic rings. The largest absolute Gasteiger partial charge is 0.355 e. The van der Waals surface area contributed by atoms with Crippen LogP contribution in [0.3, 0.4) is 0 Å². The van der Waals surface area contributed by atoms with Gasteiger partial charge < -0.3 is 5.32 Å². The lowest BCUT2D eigenvalue weighted by Crippen LogP contribution is -2.43. The van der Waals surface area contributed by atoms with Gasteiger partial charge in [-0.15, -0.1) is 0 Å². The summed E-state index contributed by atoms with van der Waals surface area (Å²) in [6, 6.07) is 16.5. The Bertz CT molecular complexity index is 783. The minimum atomic E-state index is 0.107. The van der Waals surface area contributed by atoms with E-state index in [0.717, 1.165) is 55.5 Å². The van der Waals surface area contributed by atoms with Crippen LogP contribution in [0.15, 0.2) is 48.5 Å². The van der Waals surface area contributed by atoms with Crippen molar-refractivity contribution < 1.29 is 4.79 Å². The molecule has 0 radical (unpaired) electrons. The first-order valence-electron chi connectivity index (χ1n) is 9.98. The Hall–Kier alpha value is -1.49. The molecule has 1 aliphatic heterocycles. The first-order valence-corrected chi connectivity index (χ1v) is 11.5. The molecule has 1 fully saturated rings. The lowest BCUT2D eigenvalue weighted by atomic mass is 9.96. The second kappa shape index (κ2) is 10.9. The van der Waals surface area contributed by atoms with Crippen molar-refractivity contribution in [2.75, 3.05) is 25.4 Å². The van der Waals surface area contributed by atoms with Crippen molar-refractivity contribution >= 4 is 29.3 Å². The normalized spacial score (nSPS) is 17.4. The van der Waals surface area contributed by atoms with Gasteiger partial charge in [0, 0.05) is 36.2 Å². The third-order valence-electron chi connectivity index (χ3n) is 5.23. The van der Waals surface area contributed by atoms with E-state index in [4.69, 9.17) is 11.6 Å². The Labute approximate surface area is 177 Å². The van der Waals surface area contributed by atoms with E-state index >= 15 is 0 Å². The van der Waals surface area contributed by atoms with E-state index in [1.165, 1.54) is 16.7 Å². The lowest BCUT2D eigenvalue weighted by molar-refractivity contribution is -0.126. The minimum absolute atomic E-state index is 0.107. The third kappa shape index (κ3) is 6.54. The van der Waals surface area contributed by atoms with Crippen molar-refractivity contribution in [1.82, 2.24) is 10.2 Å². The summed E-state index contributed by atoms with van der Waals surface area (Å²) in [6.45, 7) is 5.75. The van der Waals surface area contributed by atoms with Crippen molar-refractivity contribution in [2.45, 2.75) is 32.1 Å². The molecule has 2 aromatic carbocycles. The van der Waals surface area contributed by atoms with E-state index in [9.17, 15) is 4.79 Å². The van der Waals surface area contributed by atoms with Gasteiger partial charge in [-0.05, 0) is 55.1 Å². The summed E-state index contributed by atoms with van der Waals surface area (Å²) in [7, 11) is 0. The topological polar surface area (TPSA) is 32.3 Å². The standard InChI is InChI=1S/C23H29ClN2OS/c1-18-6-2-3-8-20(18)15-26-12-5-9-21(16-26)23(27)25-11-13-28-17-19-7-4-10-22(24)14-19/h2-4,6-8,10,14,21H,5,9,11-13,15-17H2,1H3,(H,25,27). The molecule has 1 amide bonds. The van der Waals surface area contributed by atoms with Gasteiger partial charge in [0.05, 0.1) is 5.92 Å². The van der Waals surface area contributed by atoms with Crippen molar-refractivity contribution in [3.63, 3.8) is 0 Å². The van der Waals surface area contributed by atoms with Gasteiger partial charge >= 0.3 is 0 Å². The molecular formula is C23H29ClN2OS. The highest BCUT2D eigenvalue weighted by atomic mass is 35.5. The Morgan fingerprint density at radius 3 is 2.93 bits per heavy atom. The summed E-state index contributed by atoms with van der Waals surface area (Å²) in [6.07, 6.45) is 2.08. The SMILES string of the molecule is Cc1ccccc1CN1CCCC(C(=O)NCCSCc2cccc(Cl)c2)C1. The zero-order valence-corrected chi connectivity index (χ0v) is 18.1. The molecule has 1 saturated heterocycles. The van der Waals surface area contributed by atoms with Crippen molar-refractivity contribution in [3.05, 3.63) is 70.2 Å². The van der Waals surface area contributed by atoms with Crippen molar-refractivity contribution in [2.24, 2.45) is 5.92 Å². The van der Waals surface area contributed by atoms with E-state index in [2.05, 4.69) is 47.5 Å². The molecule has 1 N–H and O–H groups in total. The van der Waals surface area contributed by atoms with Crippen LogP contribution in [0.25, 0.3) is 0 Å². The number of hydrogen-bond donors (Lipinski definition) is 1. The number of piperidine rings is 1. The van der Waals surface area contributed by atoms with Gasteiger partial charge in [0.2, 0.25) is 5.91 Å². The number of nitrogens with zero attached hydrogens (tertiary/aromatic N) is 1. The Kier molecular flexibility index (Phi) is 8.26. The monoisotopic (exact) mass is 416 g/mol. The predicted molar refractivity (Wildman–Crippen MR) is 120 cm³/mol. The number of benzene rings is 2. The van der Waals surface area contributed by atoms with Crippen LogP contribution in [-0.2, 0) is 17.1 Å². The van der Waals surface area contributed by atoms with Crippen LogP contribution >= 0.6 is 23.4 Å². The fraction of sp³-hybridized carbons (Fsp3) is 0.435. The zero-order valence-electron chi connectivity index (χ0n) is 16.5. The maximum absolute atomic E-state index is 12.6. The predicted octanol–water partition coefficient (Wildman–Crippen LogP) is 4.91. The number of nitrogens with one attached hydrogen (secondary N) is 1. The van der Waals surface area contributed by atoms with E-state index in [0.29, 0.717) is 0 Å². The van der Waals surface area contributed by atoms with Gasteiger partial charge in [0.25, 0.3) is 0 Å². The van der Waals surface area contributed by atoms with Gasteiger partial charge in [-0.25, -0.2) is 0 Å². The smallest absolute Gasteiger partial charge is 0.224 e. The minimum Gasteiger partial charge on any atom is -0.355 e. The molecule has 150 valence electrons. The van der Waals surface area contributed by atoms with Crippen LogP contribution in [0.5, 0.6) is 0 Å². The average molecular weight is 417 g/mol. The maximum atomic E-state index is 12.6. The number of halogens is 1. The molecule has 3 nitrogen and oxygen atoms in total. The summed E-state index contributed by atoms with van der Waals surface area (Å²) < 4.78 is 0. The number of likely N-dealkylation sites (tertiary alicyclic amines) is 1. The van der Waals surface area contributed by atoms with E-state index in [1.54, 1.807) is 0 Å². The first kappa shape index (κ1) is 21.2. The molecule has 28 heavy (non-hydrogen) atoms. The number of carbonyl (C=O) groups is 1. The van der Waals surface area contributed by atoms with Gasteiger partial charge in [0.15, 0.2) is 0 Å². The van der Waals surface area contributed by atoms with Crippen molar-refractivity contribution in [3.8, 4) is 0 Å². The maximum Gasteiger partial charge on any atom is 0.224 e. The highest BCUT2D eigenvalue weighted by Gasteiger charge is 2.25. The quantitative estimate of drug-likeness (QED) is 0.620. The molecule has 0 bridgehead atoms. The van der Waals surface area contributed by atoms with Gasteiger partial charge in [0.1, 0.15) is 0 Å². The Morgan fingerprint density at radius 1 is 1.25 bits per heavy atom. The second-order valence-electron chi connectivity index (χ2n) is 7.47. The van der Waals surface area contributed by atoms with E-state index in [1.807, 2.05) is 30.0 Å².